The average Bonchev–Trinajstić information content (AvgIpc) is 2.81. The zero-order valence-corrected chi connectivity index (χ0v) is 25.4. The van der Waals surface area contributed by atoms with Crippen molar-refractivity contribution in [3.05, 3.63) is 35.4 Å². The highest BCUT2D eigenvalue weighted by molar-refractivity contribution is 5.92. The zero-order chi connectivity index (χ0) is 28.9. The number of aryl methyl sites for hydroxylation is 1. The van der Waals surface area contributed by atoms with Crippen molar-refractivity contribution in [2.24, 2.45) is 5.92 Å². The molecule has 7 heteroatoms. The third-order valence-electron chi connectivity index (χ3n) is 6.54. The van der Waals surface area contributed by atoms with Crippen molar-refractivity contribution in [2.75, 3.05) is 6.54 Å². The molecule has 1 aromatic rings. The predicted molar refractivity (Wildman–Crippen MR) is 155 cm³/mol. The van der Waals surface area contributed by atoms with Crippen LogP contribution in [0.2, 0.25) is 0 Å². The number of nitrogens with zero attached hydrogens (tertiary/aromatic N) is 1. The van der Waals surface area contributed by atoms with Crippen molar-refractivity contribution in [3.63, 3.8) is 0 Å². The van der Waals surface area contributed by atoms with E-state index in [2.05, 4.69) is 24.5 Å². The number of hydrogen-bond acceptors (Lipinski definition) is 4. The topological polar surface area (TPSA) is 87.7 Å². The molecule has 7 nitrogen and oxygen atoms in total. The maximum Gasteiger partial charge on any atom is 0.408 e. The van der Waals surface area contributed by atoms with Gasteiger partial charge in [-0.05, 0) is 64.5 Å². The van der Waals surface area contributed by atoms with Gasteiger partial charge in [0, 0.05) is 12.6 Å². The van der Waals surface area contributed by atoms with E-state index in [-0.39, 0.29) is 23.8 Å². The summed E-state index contributed by atoms with van der Waals surface area (Å²) in [6.07, 6.45) is 6.26. The van der Waals surface area contributed by atoms with Crippen molar-refractivity contribution >= 4 is 17.9 Å². The lowest BCUT2D eigenvalue weighted by molar-refractivity contribution is -0.143. The molecule has 216 valence electrons. The number of carbonyl (C=O) groups is 3. The van der Waals surface area contributed by atoms with Gasteiger partial charge in [-0.3, -0.25) is 9.59 Å². The quantitative estimate of drug-likeness (QED) is 0.247. The molecule has 0 fully saturated rings. The molecule has 0 saturated carbocycles. The van der Waals surface area contributed by atoms with Crippen molar-refractivity contribution < 1.29 is 19.1 Å². The molecular formula is C31H53N3O4. The van der Waals surface area contributed by atoms with Crippen LogP contribution in [0.4, 0.5) is 4.79 Å². The van der Waals surface area contributed by atoms with E-state index in [1.165, 1.54) is 0 Å². The van der Waals surface area contributed by atoms with E-state index in [4.69, 9.17) is 4.74 Å². The Balaban J connectivity index is 3.47. The minimum Gasteiger partial charge on any atom is -0.444 e. The van der Waals surface area contributed by atoms with Crippen molar-refractivity contribution in [1.82, 2.24) is 15.5 Å². The van der Waals surface area contributed by atoms with E-state index >= 15 is 0 Å². The monoisotopic (exact) mass is 531 g/mol. The van der Waals surface area contributed by atoms with Crippen LogP contribution in [0, 0.1) is 12.8 Å². The van der Waals surface area contributed by atoms with Crippen molar-refractivity contribution in [1.29, 1.82) is 0 Å². The van der Waals surface area contributed by atoms with Crippen molar-refractivity contribution in [3.8, 4) is 0 Å². The molecule has 1 aromatic carbocycles. The van der Waals surface area contributed by atoms with Crippen LogP contribution < -0.4 is 10.6 Å². The fraction of sp³-hybridized carbons (Fsp3) is 0.710. The van der Waals surface area contributed by atoms with E-state index in [0.717, 1.165) is 56.1 Å². The number of ether oxygens (including phenoxy) is 1. The first-order chi connectivity index (χ1) is 17.8. The van der Waals surface area contributed by atoms with Crippen LogP contribution in [0.1, 0.15) is 118 Å². The molecule has 0 saturated heterocycles. The van der Waals surface area contributed by atoms with E-state index in [1.807, 2.05) is 52.0 Å². The number of benzene rings is 1. The number of carbonyl (C=O) groups excluding carboxylic acids is 3. The maximum atomic E-state index is 14.2. The maximum absolute atomic E-state index is 14.2. The summed E-state index contributed by atoms with van der Waals surface area (Å²) in [6.45, 7) is 17.8. The average molecular weight is 532 g/mol. The third-order valence-corrected chi connectivity index (χ3v) is 6.54. The molecule has 3 atom stereocenters. The SMILES string of the molecule is CCCCCCCN(C(=O)C(NC(=O)OC(C)(C)C)C(C)C)C(C(=O)NC(C)CCC)c1ccccc1C. The van der Waals surface area contributed by atoms with Crippen LogP contribution in [0.15, 0.2) is 24.3 Å². The predicted octanol–water partition coefficient (Wildman–Crippen LogP) is 6.69. The normalized spacial score (nSPS) is 13.9. The molecule has 0 aliphatic carbocycles. The molecule has 0 aliphatic heterocycles. The van der Waals surface area contributed by atoms with E-state index in [0.29, 0.717) is 6.54 Å². The van der Waals surface area contributed by atoms with E-state index in [1.54, 1.807) is 25.7 Å². The summed E-state index contributed by atoms with van der Waals surface area (Å²) in [7, 11) is 0. The molecule has 3 amide bonds. The van der Waals surface area contributed by atoms with Gasteiger partial charge in [-0.1, -0.05) is 84.1 Å². The summed E-state index contributed by atoms with van der Waals surface area (Å²) in [5, 5.41) is 5.95. The van der Waals surface area contributed by atoms with Crippen LogP contribution in [0.5, 0.6) is 0 Å². The zero-order valence-electron chi connectivity index (χ0n) is 25.4. The Hall–Kier alpha value is -2.57. The summed E-state index contributed by atoms with van der Waals surface area (Å²) >= 11 is 0. The highest BCUT2D eigenvalue weighted by Crippen LogP contribution is 2.27. The molecule has 3 unspecified atom stereocenters. The number of nitrogens with one attached hydrogen (secondary N) is 2. The van der Waals surface area contributed by atoms with Gasteiger partial charge in [0.05, 0.1) is 0 Å². The fourth-order valence-corrected chi connectivity index (χ4v) is 4.55. The number of rotatable bonds is 15. The largest absolute Gasteiger partial charge is 0.444 e. The van der Waals surface area contributed by atoms with Crippen LogP contribution in [0.3, 0.4) is 0 Å². The summed E-state index contributed by atoms with van der Waals surface area (Å²) in [4.78, 5) is 42.5. The molecule has 2 N–H and O–H groups in total. The fourth-order valence-electron chi connectivity index (χ4n) is 4.55. The lowest BCUT2D eigenvalue weighted by Gasteiger charge is -2.36. The molecule has 0 radical (unpaired) electrons. The number of amides is 3. The lowest BCUT2D eigenvalue weighted by atomic mass is 9.95. The Morgan fingerprint density at radius 2 is 1.55 bits per heavy atom. The second kappa shape index (κ2) is 16.4. The van der Waals surface area contributed by atoms with Gasteiger partial charge in [-0.15, -0.1) is 0 Å². The second-order valence-electron chi connectivity index (χ2n) is 11.8. The summed E-state index contributed by atoms with van der Waals surface area (Å²) in [6, 6.07) is 6.10. The summed E-state index contributed by atoms with van der Waals surface area (Å²) in [5.41, 5.74) is 1.06. The minimum absolute atomic E-state index is 0.0127. The third kappa shape index (κ3) is 11.4. The molecule has 0 spiro atoms. The van der Waals surface area contributed by atoms with Gasteiger partial charge in [0.15, 0.2) is 0 Å². The van der Waals surface area contributed by atoms with Crippen LogP contribution in [-0.4, -0.2) is 47.0 Å². The molecule has 0 heterocycles. The van der Waals surface area contributed by atoms with Crippen LogP contribution in [-0.2, 0) is 14.3 Å². The Kier molecular flexibility index (Phi) is 14.4. The number of unbranched alkanes of at least 4 members (excludes halogenated alkanes) is 4. The van der Waals surface area contributed by atoms with Gasteiger partial charge >= 0.3 is 6.09 Å². The van der Waals surface area contributed by atoms with Crippen molar-refractivity contribution in [2.45, 2.75) is 131 Å². The molecular weight excluding hydrogens is 478 g/mol. The van der Waals surface area contributed by atoms with Gasteiger partial charge in [0.25, 0.3) is 0 Å². The first-order valence-electron chi connectivity index (χ1n) is 14.5. The van der Waals surface area contributed by atoms with Crippen LogP contribution >= 0.6 is 0 Å². The van der Waals surface area contributed by atoms with Gasteiger partial charge < -0.3 is 20.3 Å². The first kappa shape index (κ1) is 33.5. The van der Waals surface area contributed by atoms with Gasteiger partial charge in [-0.25, -0.2) is 4.79 Å². The Labute approximate surface area is 231 Å². The lowest BCUT2D eigenvalue weighted by Crippen LogP contribution is -2.55. The van der Waals surface area contributed by atoms with Gasteiger partial charge in [0.2, 0.25) is 11.8 Å². The molecule has 0 aromatic heterocycles. The Morgan fingerprint density at radius 3 is 2.11 bits per heavy atom. The molecule has 0 bridgehead atoms. The highest BCUT2D eigenvalue weighted by atomic mass is 16.6. The smallest absolute Gasteiger partial charge is 0.408 e. The second-order valence-corrected chi connectivity index (χ2v) is 11.8. The first-order valence-corrected chi connectivity index (χ1v) is 14.5. The summed E-state index contributed by atoms with van der Waals surface area (Å²) < 4.78 is 5.46. The highest BCUT2D eigenvalue weighted by Gasteiger charge is 2.38. The molecule has 38 heavy (non-hydrogen) atoms. The molecule has 0 aliphatic rings. The Bertz CT molecular complexity index is 878. The molecule has 1 rings (SSSR count). The standard InChI is InChI=1S/C31H53N3O4/c1-10-12-13-14-17-21-34(29(36)26(22(3)4)33-30(37)38-31(7,8)9)27(25-20-16-15-19-23(25)5)28(35)32-24(6)18-11-2/h15-16,19-20,22,24,26-27H,10-14,17-18,21H2,1-9H3,(H,32,35)(H,33,37). The van der Waals surface area contributed by atoms with E-state index in [9.17, 15) is 14.4 Å². The minimum atomic E-state index is -0.826. The summed E-state index contributed by atoms with van der Waals surface area (Å²) in [5.74, 6) is -0.660. The Morgan fingerprint density at radius 1 is 0.921 bits per heavy atom. The van der Waals surface area contributed by atoms with Crippen LogP contribution in [0.25, 0.3) is 0 Å². The van der Waals surface area contributed by atoms with E-state index < -0.39 is 23.8 Å². The number of hydrogen-bond donors (Lipinski definition) is 2. The van der Waals surface area contributed by atoms with Gasteiger partial charge in [0.1, 0.15) is 17.7 Å². The number of alkyl carbamates (subject to hydrolysis) is 1. The van der Waals surface area contributed by atoms with Gasteiger partial charge in [-0.2, -0.15) is 0 Å².